The minimum Gasteiger partial charge on any atom is -0.351 e. The fourth-order valence-corrected chi connectivity index (χ4v) is 3.78. The van der Waals surface area contributed by atoms with E-state index in [1.54, 1.807) is 18.2 Å². The minimum absolute atomic E-state index is 0.0195. The third-order valence-corrected chi connectivity index (χ3v) is 5.25. The number of hydrogen-bond acceptors (Lipinski definition) is 1. The quantitative estimate of drug-likeness (QED) is 0.712. The van der Waals surface area contributed by atoms with E-state index in [-0.39, 0.29) is 18.3 Å². The van der Waals surface area contributed by atoms with Gasteiger partial charge in [0.15, 0.2) is 0 Å². The van der Waals surface area contributed by atoms with Gasteiger partial charge in [-0.15, -0.1) is 0 Å². The van der Waals surface area contributed by atoms with Crippen molar-refractivity contribution in [2.24, 2.45) is 0 Å². The predicted octanol–water partition coefficient (Wildman–Crippen LogP) is 5.36. The zero-order chi connectivity index (χ0) is 19.5. The average Bonchev–Trinajstić information content (AvgIpc) is 2.66. The van der Waals surface area contributed by atoms with Crippen molar-refractivity contribution in [3.05, 3.63) is 71.0 Å². The lowest BCUT2D eigenvalue weighted by Gasteiger charge is -2.36. The second-order valence-corrected chi connectivity index (χ2v) is 7.03. The number of halogens is 4. The summed E-state index contributed by atoms with van der Waals surface area (Å²) in [4.78, 5) is 13.0. The fraction of sp³-hybridized carbons (Fsp3) is 0.381. The highest BCUT2D eigenvalue weighted by molar-refractivity contribution is 5.88. The molecule has 2 aromatic rings. The van der Waals surface area contributed by atoms with Crippen molar-refractivity contribution in [2.75, 3.05) is 0 Å². The highest BCUT2D eigenvalue weighted by atomic mass is 19.4. The molecule has 144 valence electrons. The molecule has 2 nitrogen and oxygen atoms in total. The van der Waals surface area contributed by atoms with E-state index in [9.17, 15) is 22.4 Å². The lowest BCUT2D eigenvalue weighted by atomic mass is 9.68. The molecule has 1 aliphatic rings. The molecule has 0 aromatic heterocycles. The second-order valence-electron chi connectivity index (χ2n) is 7.03. The lowest BCUT2D eigenvalue weighted by Crippen LogP contribution is -2.45. The molecule has 0 saturated heterocycles. The van der Waals surface area contributed by atoms with Gasteiger partial charge in [-0.2, -0.15) is 13.2 Å². The molecule has 2 aromatic carbocycles. The molecule has 6 heteroatoms. The summed E-state index contributed by atoms with van der Waals surface area (Å²) in [6, 6.07) is 10.9. The van der Waals surface area contributed by atoms with Gasteiger partial charge in [0.2, 0.25) is 5.91 Å². The van der Waals surface area contributed by atoms with Crippen molar-refractivity contribution in [1.82, 2.24) is 5.32 Å². The van der Waals surface area contributed by atoms with Crippen molar-refractivity contribution in [3.8, 4) is 0 Å². The van der Waals surface area contributed by atoms with Crippen LogP contribution in [-0.2, 0) is 22.9 Å². The van der Waals surface area contributed by atoms with Gasteiger partial charge in [-0.1, -0.05) is 43.5 Å². The number of hydrogen-bond donors (Lipinski definition) is 1. The van der Waals surface area contributed by atoms with Crippen LogP contribution in [0.25, 0.3) is 0 Å². The Morgan fingerprint density at radius 2 is 1.67 bits per heavy atom. The number of amides is 1. The highest BCUT2D eigenvalue weighted by Gasteiger charge is 2.41. The summed E-state index contributed by atoms with van der Waals surface area (Å²) in [5, 5.41) is 2.80. The Morgan fingerprint density at radius 1 is 1.00 bits per heavy atom. The van der Waals surface area contributed by atoms with Crippen LogP contribution in [0.5, 0.6) is 0 Å². The molecule has 1 fully saturated rings. The molecular formula is C21H21F4NO. The van der Waals surface area contributed by atoms with E-state index in [0.717, 1.165) is 37.0 Å². The Labute approximate surface area is 155 Å². The standard InChI is InChI=1S/C21H21F4NO/c22-18-9-7-16(8-10-18)20(11-2-1-3-12-20)19(27)26-14-15-5-4-6-17(13-15)21(23,24)25/h4-10,13H,1-3,11-12,14H2,(H,26,27). The van der Waals surface area contributed by atoms with Crippen molar-refractivity contribution in [2.45, 2.75) is 50.2 Å². The Bertz CT molecular complexity index is 793. The molecule has 1 N–H and O–H groups in total. The molecule has 0 heterocycles. The van der Waals surface area contributed by atoms with Crippen LogP contribution in [0.15, 0.2) is 48.5 Å². The van der Waals surface area contributed by atoms with E-state index >= 15 is 0 Å². The largest absolute Gasteiger partial charge is 0.416 e. The zero-order valence-electron chi connectivity index (χ0n) is 14.8. The zero-order valence-corrected chi connectivity index (χ0v) is 14.8. The first kappa shape index (κ1) is 19.4. The van der Waals surface area contributed by atoms with E-state index in [0.29, 0.717) is 18.4 Å². The van der Waals surface area contributed by atoms with Gasteiger partial charge in [0.25, 0.3) is 0 Å². The molecule has 0 unspecified atom stereocenters. The molecule has 1 aliphatic carbocycles. The molecule has 1 saturated carbocycles. The summed E-state index contributed by atoms with van der Waals surface area (Å²) >= 11 is 0. The van der Waals surface area contributed by atoms with Crippen molar-refractivity contribution in [1.29, 1.82) is 0 Å². The fourth-order valence-electron chi connectivity index (χ4n) is 3.78. The van der Waals surface area contributed by atoms with Gasteiger partial charge in [-0.05, 0) is 48.2 Å². The summed E-state index contributed by atoms with van der Waals surface area (Å²) in [5.41, 5.74) is -0.346. The van der Waals surface area contributed by atoms with Gasteiger partial charge in [0.1, 0.15) is 5.82 Å². The Hall–Kier alpha value is -2.37. The van der Waals surface area contributed by atoms with Gasteiger partial charge < -0.3 is 5.32 Å². The average molecular weight is 379 g/mol. The number of nitrogens with one attached hydrogen (secondary N) is 1. The molecule has 27 heavy (non-hydrogen) atoms. The maximum atomic E-state index is 13.3. The maximum absolute atomic E-state index is 13.3. The van der Waals surface area contributed by atoms with Gasteiger partial charge >= 0.3 is 6.18 Å². The van der Waals surface area contributed by atoms with Gasteiger partial charge in [-0.25, -0.2) is 4.39 Å². The SMILES string of the molecule is O=C(NCc1cccc(C(F)(F)F)c1)C1(c2ccc(F)cc2)CCCCC1. The summed E-state index contributed by atoms with van der Waals surface area (Å²) in [6.07, 6.45) is -0.328. The first-order valence-corrected chi connectivity index (χ1v) is 9.02. The first-order valence-electron chi connectivity index (χ1n) is 9.02. The van der Waals surface area contributed by atoms with Crippen LogP contribution >= 0.6 is 0 Å². The third-order valence-electron chi connectivity index (χ3n) is 5.25. The van der Waals surface area contributed by atoms with E-state index < -0.39 is 17.2 Å². The number of rotatable bonds is 4. The molecule has 1 amide bonds. The molecule has 0 radical (unpaired) electrons. The summed E-state index contributed by atoms with van der Waals surface area (Å²) in [6.45, 7) is 0.0195. The van der Waals surface area contributed by atoms with Gasteiger partial charge in [0.05, 0.1) is 11.0 Å². The van der Waals surface area contributed by atoms with E-state index in [1.807, 2.05) is 0 Å². The van der Waals surface area contributed by atoms with Crippen LogP contribution < -0.4 is 5.32 Å². The van der Waals surface area contributed by atoms with E-state index in [4.69, 9.17) is 0 Å². The number of carbonyl (C=O) groups is 1. The number of benzene rings is 2. The normalized spacial score (nSPS) is 16.7. The molecule has 3 rings (SSSR count). The van der Waals surface area contributed by atoms with Crippen molar-refractivity contribution >= 4 is 5.91 Å². The summed E-state index contributed by atoms with van der Waals surface area (Å²) < 4.78 is 51.9. The highest BCUT2D eigenvalue weighted by Crippen LogP contribution is 2.40. The van der Waals surface area contributed by atoms with Crippen molar-refractivity contribution < 1.29 is 22.4 Å². The van der Waals surface area contributed by atoms with Crippen LogP contribution in [0.2, 0.25) is 0 Å². The first-order chi connectivity index (χ1) is 12.8. The minimum atomic E-state index is -4.42. The lowest BCUT2D eigenvalue weighted by molar-refractivity contribution is -0.137. The Kier molecular flexibility index (Phi) is 5.53. The van der Waals surface area contributed by atoms with E-state index in [2.05, 4.69) is 5.32 Å². The Balaban J connectivity index is 1.79. The summed E-state index contributed by atoms with van der Waals surface area (Å²) in [7, 11) is 0. The molecule has 0 bridgehead atoms. The van der Waals surface area contributed by atoms with Crippen LogP contribution in [0, 0.1) is 5.82 Å². The second kappa shape index (κ2) is 7.71. The monoisotopic (exact) mass is 379 g/mol. The number of alkyl halides is 3. The molecule has 0 aliphatic heterocycles. The van der Waals surface area contributed by atoms with Gasteiger partial charge in [0, 0.05) is 6.54 Å². The number of carbonyl (C=O) groups excluding carboxylic acids is 1. The Morgan fingerprint density at radius 3 is 2.30 bits per heavy atom. The molecule has 0 spiro atoms. The van der Waals surface area contributed by atoms with Crippen LogP contribution in [0.4, 0.5) is 17.6 Å². The van der Waals surface area contributed by atoms with Gasteiger partial charge in [-0.3, -0.25) is 4.79 Å². The molecule has 0 atom stereocenters. The summed E-state index contributed by atoms with van der Waals surface area (Å²) in [5.74, 6) is -0.583. The van der Waals surface area contributed by atoms with Crippen LogP contribution in [0.1, 0.15) is 48.8 Å². The van der Waals surface area contributed by atoms with Crippen molar-refractivity contribution in [3.63, 3.8) is 0 Å². The van der Waals surface area contributed by atoms with Crippen LogP contribution in [0.3, 0.4) is 0 Å². The maximum Gasteiger partial charge on any atom is 0.416 e. The van der Waals surface area contributed by atoms with Crippen LogP contribution in [-0.4, -0.2) is 5.91 Å². The smallest absolute Gasteiger partial charge is 0.351 e. The predicted molar refractivity (Wildman–Crippen MR) is 94.5 cm³/mol. The van der Waals surface area contributed by atoms with E-state index in [1.165, 1.54) is 18.2 Å². The topological polar surface area (TPSA) is 29.1 Å². The molecular weight excluding hydrogens is 358 g/mol. The third kappa shape index (κ3) is 4.31.